The zero-order valence-electron chi connectivity index (χ0n) is 10.3. The molecule has 1 aliphatic heterocycles. The van der Waals surface area contributed by atoms with Crippen molar-refractivity contribution in [2.45, 2.75) is 26.6 Å². The number of carbonyl (C=O) groups excluding carboxylic acids is 1. The van der Waals surface area contributed by atoms with Gasteiger partial charge in [0, 0.05) is 17.9 Å². The maximum atomic E-state index is 11.5. The van der Waals surface area contributed by atoms with E-state index in [0.717, 1.165) is 0 Å². The van der Waals surface area contributed by atoms with E-state index in [0.29, 0.717) is 16.9 Å². The van der Waals surface area contributed by atoms with Crippen molar-refractivity contribution in [1.29, 1.82) is 0 Å². The monoisotopic (exact) mass is 238 g/mol. The molecular weight excluding hydrogens is 220 g/mol. The van der Waals surface area contributed by atoms with Gasteiger partial charge in [-0.15, -0.1) is 0 Å². The minimum atomic E-state index is -1.90. The first-order chi connectivity index (χ1) is 8.08. The molecular formula is C12H18N2O3. The number of amides is 1. The second-order valence-corrected chi connectivity index (χ2v) is 3.34. The van der Waals surface area contributed by atoms with Crippen molar-refractivity contribution in [3.8, 4) is 0 Å². The average molecular weight is 238 g/mol. The lowest BCUT2D eigenvalue weighted by Gasteiger charge is -2.20. The Labute approximate surface area is 101 Å². The van der Waals surface area contributed by atoms with Gasteiger partial charge in [0.2, 0.25) is 0 Å². The van der Waals surface area contributed by atoms with Crippen molar-refractivity contribution < 1.29 is 14.6 Å². The number of hydrogen-bond acceptors (Lipinski definition) is 4. The van der Waals surface area contributed by atoms with E-state index >= 15 is 0 Å². The number of nitrogen functional groups attached to an aromatic ring is 1. The number of benzene rings is 1. The predicted molar refractivity (Wildman–Crippen MR) is 66.4 cm³/mol. The third kappa shape index (κ3) is 2.25. The van der Waals surface area contributed by atoms with Gasteiger partial charge in [-0.3, -0.25) is 4.79 Å². The highest BCUT2D eigenvalue weighted by Gasteiger charge is 2.46. The van der Waals surface area contributed by atoms with Gasteiger partial charge in [0.15, 0.2) is 0 Å². The lowest BCUT2D eigenvalue weighted by molar-refractivity contribution is -0.203. The Morgan fingerprint density at radius 1 is 1.47 bits per heavy atom. The standard InChI is InChI=1S/C10H12N2O3.C2H6/c1-2-15-10(14)7-5-6(11)3-4-8(7)12-9(10)13;1-2/h3-5,14H,2,11H2,1H3,(H,12,13);1-2H3. The van der Waals surface area contributed by atoms with Gasteiger partial charge in [0.25, 0.3) is 11.7 Å². The number of fused-ring (bicyclic) bond motifs is 1. The molecule has 4 N–H and O–H groups in total. The Balaban J connectivity index is 0.000000686. The zero-order chi connectivity index (χ0) is 13.1. The molecule has 0 fully saturated rings. The minimum Gasteiger partial charge on any atom is -0.399 e. The zero-order valence-corrected chi connectivity index (χ0v) is 10.3. The van der Waals surface area contributed by atoms with Gasteiger partial charge in [-0.05, 0) is 25.1 Å². The Morgan fingerprint density at radius 2 is 2.12 bits per heavy atom. The third-order valence-corrected chi connectivity index (χ3v) is 2.32. The van der Waals surface area contributed by atoms with E-state index < -0.39 is 11.7 Å². The van der Waals surface area contributed by atoms with Gasteiger partial charge in [-0.2, -0.15) is 0 Å². The Kier molecular flexibility index (Phi) is 4.09. The van der Waals surface area contributed by atoms with Crippen LogP contribution in [-0.2, 0) is 15.3 Å². The van der Waals surface area contributed by atoms with Crippen LogP contribution in [0.2, 0.25) is 0 Å². The fourth-order valence-electron chi connectivity index (χ4n) is 1.63. The number of carbonyl (C=O) groups is 1. The van der Waals surface area contributed by atoms with Crippen molar-refractivity contribution in [3.63, 3.8) is 0 Å². The topological polar surface area (TPSA) is 84.6 Å². The SMILES string of the molecule is CC.CCOC1(O)C(=O)Nc2ccc(N)cc21. The van der Waals surface area contributed by atoms with E-state index in [1.165, 1.54) is 6.07 Å². The predicted octanol–water partition coefficient (Wildman–Crippen LogP) is 1.43. The number of nitrogens with two attached hydrogens (primary N) is 1. The number of nitrogens with one attached hydrogen (secondary N) is 1. The van der Waals surface area contributed by atoms with Crippen LogP contribution >= 0.6 is 0 Å². The van der Waals surface area contributed by atoms with E-state index in [-0.39, 0.29) is 6.61 Å². The highest BCUT2D eigenvalue weighted by molar-refractivity contribution is 6.04. The average Bonchev–Trinajstić information content (AvgIpc) is 2.56. The Morgan fingerprint density at radius 3 is 2.71 bits per heavy atom. The Bertz CT molecular complexity index is 420. The summed E-state index contributed by atoms with van der Waals surface area (Å²) in [4.78, 5) is 11.5. The molecule has 0 bridgehead atoms. The summed E-state index contributed by atoms with van der Waals surface area (Å²) >= 11 is 0. The number of rotatable bonds is 2. The summed E-state index contributed by atoms with van der Waals surface area (Å²) in [6.07, 6.45) is 0. The third-order valence-electron chi connectivity index (χ3n) is 2.32. The van der Waals surface area contributed by atoms with Gasteiger partial charge in [0.1, 0.15) is 0 Å². The van der Waals surface area contributed by atoms with Crippen LogP contribution in [0, 0.1) is 0 Å². The molecule has 17 heavy (non-hydrogen) atoms. The molecule has 1 unspecified atom stereocenters. The largest absolute Gasteiger partial charge is 0.399 e. The lowest BCUT2D eigenvalue weighted by atomic mass is 10.1. The highest BCUT2D eigenvalue weighted by atomic mass is 16.6. The van der Waals surface area contributed by atoms with Gasteiger partial charge in [-0.25, -0.2) is 0 Å². The number of aliphatic hydroxyl groups is 1. The molecule has 94 valence electrons. The summed E-state index contributed by atoms with van der Waals surface area (Å²) < 4.78 is 5.07. The first-order valence-electron chi connectivity index (χ1n) is 5.65. The van der Waals surface area contributed by atoms with Crippen molar-refractivity contribution in [2.24, 2.45) is 0 Å². The minimum absolute atomic E-state index is 0.234. The van der Waals surface area contributed by atoms with Gasteiger partial charge >= 0.3 is 0 Å². The second kappa shape index (κ2) is 5.16. The second-order valence-electron chi connectivity index (χ2n) is 3.34. The summed E-state index contributed by atoms with van der Waals surface area (Å²) in [5.41, 5.74) is 6.97. The lowest BCUT2D eigenvalue weighted by Crippen LogP contribution is -2.37. The van der Waals surface area contributed by atoms with E-state index in [9.17, 15) is 9.90 Å². The van der Waals surface area contributed by atoms with Crippen LogP contribution in [0.5, 0.6) is 0 Å². The van der Waals surface area contributed by atoms with Crippen LogP contribution in [0.25, 0.3) is 0 Å². The van der Waals surface area contributed by atoms with Gasteiger partial charge < -0.3 is 20.9 Å². The molecule has 1 amide bonds. The van der Waals surface area contributed by atoms with Crippen molar-refractivity contribution in [3.05, 3.63) is 23.8 Å². The molecule has 5 heteroatoms. The first-order valence-corrected chi connectivity index (χ1v) is 5.65. The van der Waals surface area contributed by atoms with Crippen molar-refractivity contribution in [1.82, 2.24) is 0 Å². The smallest absolute Gasteiger partial charge is 0.289 e. The molecule has 0 aliphatic carbocycles. The molecule has 5 nitrogen and oxygen atoms in total. The summed E-state index contributed by atoms with van der Waals surface area (Å²) in [6.45, 7) is 5.94. The van der Waals surface area contributed by atoms with Crippen LogP contribution in [0.15, 0.2) is 18.2 Å². The summed E-state index contributed by atoms with van der Waals surface area (Å²) in [7, 11) is 0. The van der Waals surface area contributed by atoms with Crippen molar-refractivity contribution in [2.75, 3.05) is 17.7 Å². The van der Waals surface area contributed by atoms with Gasteiger partial charge in [0.05, 0.1) is 5.69 Å². The number of hydrogen-bond donors (Lipinski definition) is 3. The Hall–Kier alpha value is -1.59. The van der Waals surface area contributed by atoms with E-state index in [1.807, 2.05) is 13.8 Å². The van der Waals surface area contributed by atoms with Crippen LogP contribution in [0.3, 0.4) is 0 Å². The molecule has 2 rings (SSSR count). The fourth-order valence-corrected chi connectivity index (χ4v) is 1.63. The van der Waals surface area contributed by atoms with Crippen LogP contribution in [0.1, 0.15) is 26.3 Å². The molecule has 1 aromatic carbocycles. The van der Waals surface area contributed by atoms with Crippen molar-refractivity contribution >= 4 is 17.3 Å². The molecule has 1 aromatic rings. The maximum Gasteiger partial charge on any atom is 0.289 e. The maximum absolute atomic E-state index is 11.5. The van der Waals surface area contributed by atoms with E-state index in [1.54, 1.807) is 19.1 Å². The molecule has 1 aliphatic rings. The summed E-state index contributed by atoms with van der Waals surface area (Å²) in [6, 6.07) is 4.82. The van der Waals surface area contributed by atoms with Crippen LogP contribution in [-0.4, -0.2) is 17.6 Å². The molecule has 1 heterocycles. The number of ether oxygens (including phenoxy) is 1. The van der Waals surface area contributed by atoms with Gasteiger partial charge in [-0.1, -0.05) is 13.8 Å². The normalized spacial score (nSPS) is 21.3. The molecule has 0 aromatic heterocycles. The molecule has 0 spiro atoms. The van der Waals surface area contributed by atoms with E-state index in [4.69, 9.17) is 10.5 Å². The van der Waals surface area contributed by atoms with E-state index in [2.05, 4.69) is 5.32 Å². The molecule has 0 radical (unpaired) electrons. The quantitative estimate of drug-likeness (QED) is 0.537. The highest BCUT2D eigenvalue weighted by Crippen LogP contribution is 2.37. The molecule has 0 saturated carbocycles. The molecule has 1 atom stereocenters. The summed E-state index contributed by atoms with van der Waals surface area (Å²) in [5, 5.41) is 12.6. The fraction of sp³-hybridized carbons (Fsp3) is 0.417. The first kappa shape index (κ1) is 13.5. The van der Waals surface area contributed by atoms with Crippen LogP contribution in [0.4, 0.5) is 11.4 Å². The molecule has 0 saturated heterocycles. The van der Waals surface area contributed by atoms with Crippen LogP contribution < -0.4 is 11.1 Å². The summed E-state index contributed by atoms with van der Waals surface area (Å²) in [5.74, 6) is -2.48. The number of anilines is 2.